The Morgan fingerprint density at radius 2 is 1.95 bits per heavy atom. The number of aromatic nitrogens is 1. The number of para-hydroxylation sites is 1. The summed E-state index contributed by atoms with van der Waals surface area (Å²) < 4.78 is 0. The van der Waals surface area contributed by atoms with Gasteiger partial charge in [0.25, 0.3) is 0 Å². The second-order valence-corrected chi connectivity index (χ2v) is 6.19. The van der Waals surface area contributed by atoms with Crippen molar-refractivity contribution in [2.75, 3.05) is 0 Å². The van der Waals surface area contributed by atoms with Gasteiger partial charge in [0.05, 0.1) is 5.52 Å². The largest absolute Gasteiger partial charge is 0.380 e. The molecular weight excluding hydrogens is 254 g/mol. The summed E-state index contributed by atoms with van der Waals surface area (Å²) in [5, 5.41) is 11.8. The average molecular weight is 269 g/mol. The van der Waals surface area contributed by atoms with Gasteiger partial charge in [-0.25, -0.2) is 0 Å². The first-order valence-electron chi connectivity index (χ1n) is 6.22. The minimum atomic E-state index is -0.990. The number of aryl methyl sites for hydroxylation is 1. The Balaban J connectivity index is 2.12. The summed E-state index contributed by atoms with van der Waals surface area (Å²) in [5.41, 5.74) is 0.785. The highest BCUT2D eigenvalue weighted by molar-refractivity contribution is 7.12. The van der Waals surface area contributed by atoms with Gasteiger partial charge >= 0.3 is 0 Å². The Hall–Kier alpha value is -1.71. The van der Waals surface area contributed by atoms with Crippen molar-refractivity contribution in [3.63, 3.8) is 0 Å². The van der Waals surface area contributed by atoms with Gasteiger partial charge in [-0.1, -0.05) is 18.2 Å². The van der Waals surface area contributed by atoms with E-state index in [0.29, 0.717) is 0 Å². The first kappa shape index (κ1) is 12.3. The van der Waals surface area contributed by atoms with Crippen molar-refractivity contribution in [1.82, 2.24) is 4.98 Å². The summed E-state index contributed by atoms with van der Waals surface area (Å²) in [7, 11) is 0. The van der Waals surface area contributed by atoms with Gasteiger partial charge in [0.15, 0.2) is 0 Å². The highest BCUT2D eigenvalue weighted by atomic mass is 32.1. The van der Waals surface area contributed by atoms with Gasteiger partial charge < -0.3 is 5.11 Å². The molecule has 0 aliphatic heterocycles. The van der Waals surface area contributed by atoms with Crippen LogP contribution in [0.4, 0.5) is 0 Å². The van der Waals surface area contributed by atoms with Crippen molar-refractivity contribution >= 4 is 22.2 Å². The Morgan fingerprint density at radius 1 is 1.16 bits per heavy atom. The summed E-state index contributed by atoms with van der Waals surface area (Å²) in [6.45, 7) is 3.87. The normalized spacial score (nSPS) is 14.5. The summed E-state index contributed by atoms with van der Waals surface area (Å²) >= 11 is 1.62. The van der Waals surface area contributed by atoms with Crippen LogP contribution in [0, 0.1) is 6.92 Å². The number of aliphatic hydroxyl groups is 1. The molecule has 1 N–H and O–H groups in total. The number of pyridine rings is 1. The van der Waals surface area contributed by atoms with Gasteiger partial charge in [0.1, 0.15) is 5.60 Å². The summed E-state index contributed by atoms with van der Waals surface area (Å²) in [5.74, 6) is 0. The first-order chi connectivity index (χ1) is 9.07. The van der Waals surface area contributed by atoms with Crippen LogP contribution in [0.25, 0.3) is 10.9 Å². The smallest absolute Gasteiger partial charge is 0.122 e. The van der Waals surface area contributed by atoms with E-state index in [2.05, 4.69) is 4.98 Å². The molecule has 0 radical (unpaired) electrons. The van der Waals surface area contributed by atoms with Crippen molar-refractivity contribution in [2.45, 2.75) is 19.4 Å². The predicted molar refractivity (Wildman–Crippen MR) is 79.5 cm³/mol. The maximum Gasteiger partial charge on any atom is 0.122 e. The molecule has 0 bridgehead atoms. The molecule has 2 aromatic heterocycles. The van der Waals surface area contributed by atoms with E-state index >= 15 is 0 Å². The monoisotopic (exact) mass is 269 g/mol. The molecule has 0 fully saturated rings. The molecule has 1 atom stereocenters. The maximum atomic E-state index is 10.8. The third-order valence-electron chi connectivity index (χ3n) is 3.37. The molecule has 19 heavy (non-hydrogen) atoms. The van der Waals surface area contributed by atoms with E-state index in [0.717, 1.165) is 21.3 Å². The minimum Gasteiger partial charge on any atom is -0.380 e. The summed E-state index contributed by atoms with van der Waals surface area (Å²) in [6, 6.07) is 14.0. The van der Waals surface area contributed by atoms with E-state index in [9.17, 15) is 5.11 Å². The topological polar surface area (TPSA) is 33.1 Å². The van der Waals surface area contributed by atoms with Crippen LogP contribution in [-0.2, 0) is 5.60 Å². The Labute approximate surface area is 116 Å². The van der Waals surface area contributed by atoms with Crippen molar-refractivity contribution < 1.29 is 5.11 Å². The molecule has 2 nitrogen and oxygen atoms in total. The number of benzene rings is 1. The van der Waals surface area contributed by atoms with Crippen molar-refractivity contribution in [3.8, 4) is 0 Å². The van der Waals surface area contributed by atoms with Gasteiger partial charge in [-0.05, 0) is 38.1 Å². The van der Waals surface area contributed by atoms with Gasteiger partial charge in [-0.3, -0.25) is 4.98 Å². The van der Waals surface area contributed by atoms with Gasteiger partial charge in [-0.15, -0.1) is 11.3 Å². The van der Waals surface area contributed by atoms with Gasteiger partial charge in [0, 0.05) is 26.9 Å². The van der Waals surface area contributed by atoms with Crippen LogP contribution in [0.15, 0.2) is 48.7 Å². The third kappa shape index (κ3) is 2.15. The summed E-state index contributed by atoms with van der Waals surface area (Å²) in [4.78, 5) is 6.57. The molecule has 96 valence electrons. The van der Waals surface area contributed by atoms with Crippen LogP contribution in [0.3, 0.4) is 0 Å². The van der Waals surface area contributed by atoms with Crippen molar-refractivity contribution in [1.29, 1.82) is 0 Å². The quantitative estimate of drug-likeness (QED) is 0.766. The van der Waals surface area contributed by atoms with Crippen LogP contribution < -0.4 is 0 Å². The third-order valence-corrected chi connectivity index (χ3v) is 4.58. The Bertz CT molecular complexity index is 730. The fraction of sp³-hybridized carbons (Fsp3) is 0.188. The molecule has 3 heteroatoms. The van der Waals surface area contributed by atoms with Crippen LogP contribution in [0.5, 0.6) is 0 Å². The molecule has 2 heterocycles. The Morgan fingerprint density at radius 3 is 2.68 bits per heavy atom. The SMILES string of the molecule is Cc1ccc(C(C)(O)c2cnc3ccccc3c2)s1. The lowest BCUT2D eigenvalue weighted by Gasteiger charge is -2.22. The summed E-state index contributed by atoms with van der Waals surface area (Å²) in [6.07, 6.45) is 1.76. The zero-order valence-corrected chi connectivity index (χ0v) is 11.7. The molecule has 3 aromatic rings. The molecule has 0 aliphatic rings. The maximum absolute atomic E-state index is 10.8. The predicted octanol–water partition coefficient (Wildman–Crippen LogP) is 3.86. The molecule has 0 spiro atoms. The number of fused-ring (bicyclic) bond motifs is 1. The van der Waals surface area contributed by atoms with E-state index < -0.39 is 5.60 Å². The van der Waals surface area contributed by atoms with Crippen molar-refractivity contribution in [2.24, 2.45) is 0 Å². The molecule has 1 unspecified atom stereocenters. The molecule has 0 aliphatic carbocycles. The number of thiophene rings is 1. The number of nitrogens with zero attached hydrogens (tertiary/aromatic N) is 1. The van der Waals surface area contributed by atoms with Crippen LogP contribution >= 0.6 is 11.3 Å². The Kier molecular flexibility index (Phi) is 2.88. The van der Waals surface area contributed by atoms with Crippen LogP contribution in [-0.4, -0.2) is 10.1 Å². The molecule has 0 amide bonds. The lowest BCUT2D eigenvalue weighted by atomic mass is 9.95. The average Bonchev–Trinajstić information content (AvgIpc) is 2.85. The van der Waals surface area contributed by atoms with Crippen molar-refractivity contribution in [3.05, 3.63) is 64.0 Å². The molecule has 0 saturated heterocycles. The molecular formula is C16H15NOS. The van der Waals surface area contributed by atoms with E-state index in [1.165, 1.54) is 4.88 Å². The van der Waals surface area contributed by atoms with Crippen LogP contribution in [0.1, 0.15) is 22.2 Å². The number of rotatable bonds is 2. The zero-order chi connectivity index (χ0) is 13.5. The molecule has 3 rings (SSSR count). The molecule has 0 saturated carbocycles. The second-order valence-electron chi connectivity index (χ2n) is 4.90. The highest BCUT2D eigenvalue weighted by Crippen LogP contribution is 2.34. The zero-order valence-electron chi connectivity index (χ0n) is 10.9. The molecule has 1 aromatic carbocycles. The van der Waals surface area contributed by atoms with E-state index in [4.69, 9.17) is 0 Å². The lowest BCUT2D eigenvalue weighted by molar-refractivity contribution is 0.106. The van der Waals surface area contributed by atoms with E-state index in [1.54, 1.807) is 17.5 Å². The minimum absolute atomic E-state index is 0.827. The fourth-order valence-electron chi connectivity index (χ4n) is 2.18. The van der Waals surface area contributed by atoms with E-state index in [1.807, 2.05) is 56.3 Å². The standard InChI is InChI=1S/C16H15NOS/c1-11-7-8-15(19-11)16(2,18)13-9-12-5-3-4-6-14(12)17-10-13/h3-10,18H,1-2H3. The van der Waals surface area contributed by atoms with Crippen LogP contribution in [0.2, 0.25) is 0 Å². The van der Waals surface area contributed by atoms with Gasteiger partial charge in [0.2, 0.25) is 0 Å². The highest BCUT2D eigenvalue weighted by Gasteiger charge is 2.27. The number of hydrogen-bond donors (Lipinski definition) is 1. The number of hydrogen-bond acceptors (Lipinski definition) is 3. The van der Waals surface area contributed by atoms with Gasteiger partial charge in [-0.2, -0.15) is 0 Å². The first-order valence-corrected chi connectivity index (χ1v) is 7.03. The van der Waals surface area contributed by atoms with E-state index in [-0.39, 0.29) is 0 Å². The lowest BCUT2D eigenvalue weighted by Crippen LogP contribution is -2.21. The second kappa shape index (κ2) is 4.44. The fourth-order valence-corrected chi connectivity index (χ4v) is 3.11.